The molecule has 0 heterocycles. The van der Waals surface area contributed by atoms with E-state index in [2.05, 4.69) is 0 Å². The molecule has 0 saturated heterocycles. The molecular weight excluding hydrogens is 346 g/mol. The van der Waals surface area contributed by atoms with Gasteiger partial charge in [-0.25, -0.2) is 4.79 Å². The van der Waals surface area contributed by atoms with E-state index in [9.17, 15) is 14.4 Å². The van der Waals surface area contributed by atoms with E-state index in [1.54, 1.807) is 30.0 Å². The summed E-state index contributed by atoms with van der Waals surface area (Å²) in [5, 5.41) is 0. The van der Waals surface area contributed by atoms with E-state index < -0.39 is 5.97 Å². The van der Waals surface area contributed by atoms with Crippen LogP contribution in [0.5, 0.6) is 0 Å². The lowest BCUT2D eigenvalue weighted by molar-refractivity contribution is -0.143. The van der Waals surface area contributed by atoms with Crippen molar-refractivity contribution in [2.45, 2.75) is 19.9 Å². The van der Waals surface area contributed by atoms with Crippen molar-refractivity contribution in [3.63, 3.8) is 0 Å². The summed E-state index contributed by atoms with van der Waals surface area (Å²) in [5.41, 5.74) is 1.60. The van der Waals surface area contributed by atoms with Crippen LogP contribution in [0.1, 0.15) is 39.6 Å². The molecule has 1 amide bonds. The average Bonchev–Trinajstić information content (AvgIpc) is 2.71. The highest BCUT2D eigenvalue weighted by atomic mass is 16.5. The lowest BCUT2D eigenvalue weighted by Crippen LogP contribution is -2.33. The molecule has 0 atom stereocenters. The second-order valence-electron chi connectivity index (χ2n) is 5.84. The van der Waals surface area contributed by atoms with E-state index in [-0.39, 0.29) is 24.8 Å². The molecule has 2 aromatic carbocycles. The Hall–Kier alpha value is -3.15. The first-order valence-electron chi connectivity index (χ1n) is 8.72. The molecule has 0 unspecified atom stereocenters. The molecule has 2 aromatic rings. The third-order valence-electron chi connectivity index (χ3n) is 3.93. The maximum Gasteiger partial charge on any atom is 0.337 e. The fourth-order valence-corrected chi connectivity index (χ4v) is 2.60. The van der Waals surface area contributed by atoms with Crippen molar-refractivity contribution >= 4 is 17.8 Å². The zero-order valence-electron chi connectivity index (χ0n) is 15.5. The number of methoxy groups -OCH3 is 1. The van der Waals surface area contributed by atoms with Crippen molar-refractivity contribution in [2.24, 2.45) is 0 Å². The van der Waals surface area contributed by atoms with Gasteiger partial charge in [0.1, 0.15) is 0 Å². The second-order valence-corrected chi connectivity index (χ2v) is 5.84. The Bertz CT molecular complexity index is 788. The quantitative estimate of drug-likeness (QED) is 0.669. The number of ether oxygens (including phenoxy) is 2. The Balaban J connectivity index is 2.21. The second kappa shape index (κ2) is 10.1. The zero-order valence-corrected chi connectivity index (χ0v) is 15.5. The highest BCUT2D eigenvalue weighted by Gasteiger charge is 2.19. The number of hydrogen-bond acceptors (Lipinski definition) is 5. The van der Waals surface area contributed by atoms with Crippen molar-refractivity contribution in [1.29, 1.82) is 0 Å². The minimum atomic E-state index is -0.509. The molecule has 0 spiro atoms. The summed E-state index contributed by atoms with van der Waals surface area (Å²) in [4.78, 5) is 38.0. The van der Waals surface area contributed by atoms with Crippen LogP contribution in [0.15, 0.2) is 54.6 Å². The number of carbonyl (C=O) groups is 3. The normalized spacial score (nSPS) is 10.1. The van der Waals surface area contributed by atoms with Gasteiger partial charge in [-0.2, -0.15) is 0 Å². The van der Waals surface area contributed by atoms with Gasteiger partial charge in [-0.3, -0.25) is 9.59 Å². The monoisotopic (exact) mass is 369 g/mol. The summed E-state index contributed by atoms with van der Waals surface area (Å²) in [6, 6.07) is 15.9. The number of esters is 2. The molecule has 27 heavy (non-hydrogen) atoms. The molecule has 0 aromatic heterocycles. The van der Waals surface area contributed by atoms with Crippen LogP contribution < -0.4 is 0 Å². The van der Waals surface area contributed by atoms with Gasteiger partial charge in [-0.05, 0) is 30.7 Å². The fraction of sp³-hybridized carbons (Fsp3) is 0.286. The molecule has 0 bridgehead atoms. The molecule has 0 aliphatic carbocycles. The number of amides is 1. The highest BCUT2D eigenvalue weighted by Crippen LogP contribution is 2.13. The molecule has 142 valence electrons. The summed E-state index contributed by atoms with van der Waals surface area (Å²) in [6.07, 6.45) is 0.100. The van der Waals surface area contributed by atoms with Gasteiger partial charge in [-0.15, -0.1) is 0 Å². The molecule has 0 aliphatic rings. The summed E-state index contributed by atoms with van der Waals surface area (Å²) < 4.78 is 9.66. The highest BCUT2D eigenvalue weighted by molar-refractivity contribution is 5.98. The first-order chi connectivity index (χ1) is 13.0. The smallest absolute Gasteiger partial charge is 0.337 e. The van der Waals surface area contributed by atoms with Crippen LogP contribution in [0.3, 0.4) is 0 Å². The van der Waals surface area contributed by atoms with Crippen molar-refractivity contribution < 1.29 is 23.9 Å². The Morgan fingerprint density at radius 3 is 2.33 bits per heavy atom. The molecule has 0 fully saturated rings. The Morgan fingerprint density at radius 1 is 0.963 bits per heavy atom. The van der Waals surface area contributed by atoms with Gasteiger partial charge in [0.25, 0.3) is 5.91 Å². The van der Waals surface area contributed by atoms with Gasteiger partial charge < -0.3 is 14.4 Å². The van der Waals surface area contributed by atoms with Gasteiger partial charge in [0.05, 0.1) is 25.7 Å². The van der Waals surface area contributed by atoms with E-state index in [4.69, 9.17) is 9.47 Å². The maximum atomic E-state index is 13.0. The molecule has 0 radical (unpaired) electrons. The van der Waals surface area contributed by atoms with Crippen LogP contribution in [0.4, 0.5) is 0 Å². The Morgan fingerprint density at radius 2 is 1.67 bits per heavy atom. The molecule has 6 nitrogen and oxygen atoms in total. The number of hydrogen-bond donors (Lipinski definition) is 0. The number of nitrogens with zero attached hydrogens (tertiary/aromatic N) is 1. The summed E-state index contributed by atoms with van der Waals surface area (Å²) >= 11 is 0. The SMILES string of the molecule is CCOC(=O)CCN(Cc1ccccc1)C(=O)c1cccc(C(=O)OC)c1. The van der Waals surface area contributed by atoms with E-state index in [1.807, 2.05) is 30.3 Å². The van der Waals surface area contributed by atoms with Gasteiger partial charge >= 0.3 is 11.9 Å². The summed E-state index contributed by atoms with van der Waals surface area (Å²) in [6.45, 7) is 2.60. The standard InChI is InChI=1S/C21H23NO5/c1-3-27-19(23)12-13-22(15-16-8-5-4-6-9-16)20(24)17-10-7-11-18(14-17)21(25)26-2/h4-11,14H,3,12-13,15H2,1-2H3. The fourth-order valence-electron chi connectivity index (χ4n) is 2.60. The summed E-state index contributed by atoms with van der Waals surface area (Å²) in [5.74, 6) is -1.13. The topological polar surface area (TPSA) is 72.9 Å². The first-order valence-corrected chi connectivity index (χ1v) is 8.72. The van der Waals surface area contributed by atoms with Crippen molar-refractivity contribution in [2.75, 3.05) is 20.3 Å². The van der Waals surface area contributed by atoms with Crippen LogP contribution in [0.25, 0.3) is 0 Å². The number of rotatable bonds is 8. The van der Waals surface area contributed by atoms with E-state index >= 15 is 0 Å². The van der Waals surface area contributed by atoms with Crippen molar-refractivity contribution in [3.05, 3.63) is 71.3 Å². The average molecular weight is 369 g/mol. The molecular formula is C21H23NO5. The van der Waals surface area contributed by atoms with E-state index in [0.717, 1.165) is 5.56 Å². The van der Waals surface area contributed by atoms with E-state index in [0.29, 0.717) is 24.3 Å². The predicted molar refractivity (Wildman–Crippen MR) is 100 cm³/mol. The number of carbonyl (C=O) groups excluding carboxylic acids is 3. The molecule has 2 rings (SSSR count). The third-order valence-corrected chi connectivity index (χ3v) is 3.93. The molecule has 0 aliphatic heterocycles. The van der Waals surface area contributed by atoms with Gasteiger partial charge in [0.15, 0.2) is 0 Å². The third kappa shape index (κ3) is 5.95. The molecule has 6 heteroatoms. The van der Waals surface area contributed by atoms with E-state index in [1.165, 1.54) is 13.2 Å². The van der Waals surface area contributed by atoms with Crippen LogP contribution in [0, 0.1) is 0 Å². The zero-order chi connectivity index (χ0) is 19.6. The first kappa shape index (κ1) is 20.2. The molecule has 0 saturated carbocycles. The van der Waals surface area contributed by atoms with Crippen LogP contribution >= 0.6 is 0 Å². The van der Waals surface area contributed by atoms with Crippen LogP contribution in [-0.4, -0.2) is 43.0 Å². The largest absolute Gasteiger partial charge is 0.466 e. The Labute approximate surface area is 158 Å². The number of benzene rings is 2. The maximum absolute atomic E-state index is 13.0. The van der Waals surface area contributed by atoms with Crippen molar-refractivity contribution in [3.8, 4) is 0 Å². The lowest BCUT2D eigenvalue weighted by Gasteiger charge is -2.23. The predicted octanol–water partition coefficient (Wildman–Crippen LogP) is 3.07. The Kier molecular flexibility index (Phi) is 7.55. The van der Waals surface area contributed by atoms with Crippen LogP contribution in [0.2, 0.25) is 0 Å². The minimum Gasteiger partial charge on any atom is -0.466 e. The minimum absolute atomic E-state index is 0.100. The summed E-state index contributed by atoms with van der Waals surface area (Å²) in [7, 11) is 1.29. The van der Waals surface area contributed by atoms with Crippen LogP contribution in [-0.2, 0) is 20.8 Å². The molecule has 0 N–H and O–H groups in total. The van der Waals surface area contributed by atoms with Gasteiger partial charge in [0, 0.05) is 18.7 Å². The van der Waals surface area contributed by atoms with Gasteiger partial charge in [0.2, 0.25) is 0 Å². The van der Waals surface area contributed by atoms with Gasteiger partial charge in [-0.1, -0.05) is 36.4 Å². The van der Waals surface area contributed by atoms with Crippen molar-refractivity contribution in [1.82, 2.24) is 4.90 Å². The lowest BCUT2D eigenvalue weighted by atomic mass is 10.1.